The van der Waals surface area contributed by atoms with Crippen molar-refractivity contribution < 1.29 is 26.5 Å². The summed E-state index contributed by atoms with van der Waals surface area (Å²) < 4.78 is 55.9. The summed E-state index contributed by atoms with van der Waals surface area (Å²) in [6.45, 7) is 11.7. The molecule has 4 N–H and O–H groups in total. The molecule has 10 nitrogen and oxygen atoms in total. The lowest BCUT2D eigenvalue weighted by Crippen LogP contribution is -2.36. The summed E-state index contributed by atoms with van der Waals surface area (Å²) in [6.07, 6.45) is 1.08. The van der Waals surface area contributed by atoms with Crippen LogP contribution in [-0.4, -0.2) is 65.2 Å². The maximum absolute atomic E-state index is 13.5. The first-order valence-corrected chi connectivity index (χ1v) is 16.0. The first-order chi connectivity index (χ1) is 18.3. The van der Waals surface area contributed by atoms with Crippen LogP contribution in [0.5, 0.6) is 0 Å². The Hall–Kier alpha value is -1.61. The largest absolute Gasteiger partial charge is 0.330 e. The maximum Gasteiger partial charge on any atom is 0.265 e. The van der Waals surface area contributed by atoms with Gasteiger partial charge in [-0.3, -0.25) is 9.68 Å². The van der Waals surface area contributed by atoms with Crippen LogP contribution in [0.25, 0.3) is 0 Å². The van der Waals surface area contributed by atoms with Gasteiger partial charge in [-0.05, 0) is 96.1 Å². The molecule has 0 radical (unpaired) electrons. The minimum atomic E-state index is -3.94. The van der Waals surface area contributed by atoms with Crippen LogP contribution in [0.3, 0.4) is 0 Å². The van der Waals surface area contributed by atoms with Crippen molar-refractivity contribution >= 4 is 32.5 Å². The number of nitrogens with zero attached hydrogens (tertiary/aromatic N) is 2. The van der Waals surface area contributed by atoms with E-state index >= 15 is 0 Å². The highest BCUT2D eigenvalue weighted by Gasteiger charge is 2.30. The van der Waals surface area contributed by atoms with Crippen molar-refractivity contribution in [2.45, 2.75) is 70.6 Å². The van der Waals surface area contributed by atoms with Gasteiger partial charge < -0.3 is 11.5 Å². The predicted octanol–water partition coefficient (Wildman–Crippen LogP) is 3.59. The average Bonchev–Trinajstić information content (AvgIpc) is 2.80. The van der Waals surface area contributed by atoms with E-state index in [1.165, 1.54) is 0 Å². The Labute approximate surface area is 246 Å². The monoisotopic (exact) mass is 620 g/mol. The summed E-state index contributed by atoms with van der Waals surface area (Å²) in [5, 5.41) is 0. The van der Waals surface area contributed by atoms with Crippen LogP contribution in [0.2, 0.25) is 0 Å². The van der Waals surface area contributed by atoms with Crippen molar-refractivity contribution in [2.75, 3.05) is 39.4 Å². The quantitative estimate of drug-likeness (QED) is 0.214. The molecule has 228 valence electrons. The maximum atomic E-state index is 13.5. The van der Waals surface area contributed by atoms with Gasteiger partial charge in [0.1, 0.15) is 0 Å². The van der Waals surface area contributed by atoms with Crippen LogP contribution in [0, 0.1) is 41.5 Å². The second kappa shape index (κ2) is 16.1. The topological polar surface area (TPSA) is 145 Å². The Balaban J connectivity index is 0.00000800. The SMILES string of the molecule is Cc1cc(C)c(S(=O)(=O)N(CCCN)OCCCON(CCCN)S(=O)(=O)c2c(C)cc(C)cc2C)c(C)c1.Cl. The van der Waals surface area contributed by atoms with E-state index in [4.69, 9.17) is 21.1 Å². The van der Waals surface area contributed by atoms with Gasteiger partial charge in [-0.15, -0.1) is 12.4 Å². The van der Waals surface area contributed by atoms with E-state index in [0.717, 1.165) is 20.1 Å². The van der Waals surface area contributed by atoms with E-state index < -0.39 is 20.0 Å². The third-order valence-corrected chi connectivity index (χ3v) is 10.1. The summed E-state index contributed by atoms with van der Waals surface area (Å²) in [5.41, 5.74) is 15.8. The van der Waals surface area contributed by atoms with Gasteiger partial charge >= 0.3 is 0 Å². The van der Waals surface area contributed by atoms with Crippen LogP contribution in [0.1, 0.15) is 52.6 Å². The third kappa shape index (κ3) is 9.20. The summed E-state index contributed by atoms with van der Waals surface area (Å²) >= 11 is 0. The molecule has 0 saturated heterocycles. The van der Waals surface area contributed by atoms with E-state index in [1.807, 2.05) is 38.1 Å². The van der Waals surface area contributed by atoms with Crippen LogP contribution in [0.4, 0.5) is 0 Å². The lowest BCUT2D eigenvalue weighted by atomic mass is 10.1. The molecule has 0 aromatic heterocycles. The van der Waals surface area contributed by atoms with Crippen LogP contribution >= 0.6 is 12.4 Å². The molecule has 2 aromatic rings. The molecular weight excluding hydrogens is 576 g/mol. The fraction of sp³-hybridized carbons (Fsp3) is 0.556. The van der Waals surface area contributed by atoms with Gasteiger partial charge in [0, 0.05) is 13.1 Å². The molecule has 0 spiro atoms. The zero-order chi connectivity index (χ0) is 29.4. The Kier molecular flexibility index (Phi) is 14.7. The highest BCUT2D eigenvalue weighted by atomic mass is 35.5. The number of benzene rings is 2. The van der Waals surface area contributed by atoms with Gasteiger partial charge in [-0.2, -0.15) is 0 Å². The molecule has 0 unspecified atom stereocenters. The molecule has 13 heteroatoms. The number of rotatable bonds is 16. The van der Waals surface area contributed by atoms with Gasteiger partial charge in [0.2, 0.25) is 0 Å². The fourth-order valence-corrected chi connectivity index (χ4v) is 8.13. The van der Waals surface area contributed by atoms with Crippen molar-refractivity contribution in [3.05, 3.63) is 57.6 Å². The molecule has 40 heavy (non-hydrogen) atoms. The number of halogens is 1. The van der Waals surface area contributed by atoms with E-state index in [-0.39, 0.29) is 54.9 Å². The third-order valence-electron chi connectivity index (χ3n) is 6.11. The van der Waals surface area contributed by atoms with E-state index in [9.17, 15) is 16.8 Å². The van der Waals surface area contributed by atoms with E-state index in [0.29, 0.717) is 48.2 Å². The average molecular weight is 621 g/mol. The molecule has 2 rings (SSSR count). The Morgan fingerprint density at radius 3 is 1.18 bits per heavy atom. The first-order valence-electron chi connectivity index (χ1n) is 13.1. The highest BCUT2D eigenvalue weighted by molar-refractivity contribution is 7.89. The predicted molar refractivity (Wildman–Crippen MR) is 160 cm³/mol. The van der Waals surface area contributed by atoms with Crippen molar-refractivity contribution in [3.8, 4) is 0 Å². The molecule has 0 heterocycles. The Morgan fingerprint density at radius 1 is 0.600 bits per heavy atom. The fourth-order valence-electron chi connectivity index (χ4n) is 4.69. The standard InChI is InChI=1S/C27H44N4O6S2.ClH/c1-20-16-22(3)26(23(4)17-20)38(32,33)30(12-7-10-28)36-14-9-15-37-31(13-8-11-29)39(34,35)27-24(5)18-21(2)19-25(27)6;/h16-19H,7-15,28-29H2,1-6H3;1H. The van der Waals surface area contributed by atoms with Crippen molar-refractivity contribution in [2.24, 2.45) is 11.5 Å². The van der Waals surface area contributed by atoms with E-state index in [2.05, 4.69) is 0 Å². The molecule has 0 fully saturated rings. The molecule has 0 aliphatic rings. The smallest absolute Gasteiger partial charge is 0.265 e. The molecule has 0 aliphatic heterocycles. The van der Waals surface area contributed by atoms with Gasteiger partial charge in [0.25, 0.3) is 20.0 Å². The van der Waals surface area contributed by atoms with Gasteiger partial charge in [-0.1, -0.05) is 44.3 Å². The molecule has 2 aromatic carbocycles. The van der Waals surface area contributed by atoms with Crippen molar-refractivity contribution in [3.63, 3.8) is 0 Å². The van der Waals surface area contributed by atoms with Gasteiger partial charge in [0.05, 0.1) is 23.0 Å². The van der Waals surface area contributed by atoms with Crippen molar-refractivity contribution in [1.82, 2.24) is 8.94 Å². The lowest BCUT2D eigenvalue weighted by molar-refractivity contribution is -0.116. The van der Waals surface area contributed by atoms with Crippen LogP contribution in [-0.2, 0) is 29.7 Å². The Bertz CT molecular complexity index is 1190. The minimum Gasteiger partial charge on any atom is -0.330 e. The zero-order valence-corrected chi connectivity index (χ0v) is 26.8. The van der Waals surface area contributed by atoms with Gasteiger partial charge in [0.15, 0.2) is 0 Å². The van der Waals surface area contributed by atoms with E-state index in [1.54, 1.807) is 27.7 Å². The molecule has 0 bridgehead atoms. The summed E-state index contributed by atoms with van der Waals surface area (Å²) in [4.78, 5) is 11.8. The molecule has 0 saturated carbocycles. The second-order valence-electron chi connectivity index (χ2n) is 9.82. The minimum absolute atomic E-state index is 0. The lowest BCUT2D eigenvalue weighted by Gasteiger charge is -2.25. The second-order valence-corrected chi connectivity index (χ2v) is 13.4. The number of sulfonamides is 2. The molecule has 0 aliphatic carbocycles. The highest BCUT2D eigenvalue weighted by Crippen LogP contribution is 2.27. The van der Waals surface area contributed by atoms with Crippen LogP contribution < -0.4 is 11.5 Å². The number of hydrogen-bond acceptors (Lipinski definition) is 8. The summed E-state index contributed by atoms with van der Waals surface area (Å²) in [6, 6.07) is 7.29. The van der Waals surface area contributed by atoms with Crippen LogP contribution in [0.15, 0.2) is 34.1 Å². The van der Waals surface area contributed by atoms with Gasteiger partial charge in [-0.25, -0.2) is 16.8 Å². The zero-order valence-electron chi connectivity index (χ0n) is 24.4. The molecule has 0 atom stereocenters. The number of aryl methyl sites for hydroxylation is 6. The molecule has 0 amide bonds. The van der Waals surface area contributed by atoms with Crippen molar-refractivity contribution in [1.29, 1.82) is 0 Å². The first kappa shape index (κ1) is 36.4. The molecular formula is C27H45ClN4O6S2. The number of hydroxylamine groups is 2. The normalized spacial score (nSPS) is 12.2. The summed E-state index contributed by atoms with van der Waals surface area (Å²) in [5.74, 6) is 0. The number of nitrogens with two attached hydrogens (primary N) is 2. The number of hydrogen-bond donors (Lipinski definition) is 2. The Morgan fingerprint density at radius 2 is 0.900 bits per heavy atom. The summed E-state index contributed by atoms with van der Waals surface area (Å²) in [7, 11) is -7.89.